The van der Waals surface area contributed by atoms with E-state index >= 15 is 0 Å². The predicted octanol–water partition coefficient (Wildman–Crippen LogP) is 2.05. The highest BCUT2D eigenvalue weighted by atomic mass is 16.6. The summed E-state index contributed by atoms with van der Waals surface area (Å²) in [6.07, 6.45) is 4.84. The molecule has 3 heteroatoms. The molecule has 0 heterocycles. The van der Waals surface area contributed by atoms with E-state index in [-0.39, 0.29) is 12.6 Å². The number of carbonyl (C=O) groups is 1. The molecule has 0 aliphatic heterocycles. The summed E-state index contributed by atoms with van der Waals surface area (Å²) in [5, 5.41) is 8.97. The molecule has 1 rings (SSSR count). The summed E-state index contributed by atoms with van der Waals surface area (Å²) < 4.78 is 5.32. The Morgan fingerprint density at radius 2 is 2.33 bits per heavy atom. The Kier molecular flexibility index (Phi) is 3.91. The number of rotatable bonds is 3. The molecule has 0 aromatic carbocycles. The van der Waals surface area contributed by atoms with Gasteiger partial charge in [-0.05, 0) is 38.7 Å². The number of aliphatic hydroxyl groups excluding tert-OH is 1. The average molecular weight is 212 g/mol. The zero-order valence-electron chi connectivity index (χ0n) is 9.75. The van der Waals surface area contributed by atoms with Gasteiger partial charge < -0.3 is 9.84 Å². The van der Waals surface area contributed by atoms with Gasteiger partial charge in [-0.1, -0.05) is 6.08 Å². The van der Waals surface area contributed by atoms with E-state index in [9.17, 15) is 4.79 Å². The monoisotopic (exact) mass is 212 g/mol. The van der Waals surface area contributed by atoms with Crippen molar-refractivity contribution in [1.29, 1.82) is 0 Å². The van der Waals surface area contributed by atoms with Gasteiger partial charge in [-0.25, -0.2) is 0 Å². The van der Waals surface area contributed by atoms with Gasteiger partial charge in [-0.2, -0.15) is 0 Å². The predicted molar refractivity (Wildman–Crippen MR) is 58.4 cm³/mol. The Labute approximate surface area is 91.1 Å². The van der Waals surface area contributed by atoms with Gasteiger partial charge in [0.1, 0.15) is 5.60 Å². The number of carbonyl (C=O) groups excluding carboxylic acids is 1. The second-order valence-electron chi connectivity index (χ2n) is 4.69. The zero-order chi connectivity index (χ0) is 11.5. The van der Waals surface area contributed by atoms with Gasteiger partial charge >= 0.3 is 5.97 Å². The fourth-order valence-corrected chi connectivity index (χ4v) is 2.12. The molecule has 0 aromatic heterocycles. The minimum absolute atomic E-state index is 0.153. The summed E-state index contributed by atoms with van der Waals surface area (Å²) in [5.41, 5.74) is 0.702. The Bertz CT molecular complexity index is 266. The Morgan fingerprint density at radius 1 is 1.67 bits per heavy atom. The maximum Gasteiger partial charge on any atom is 0.303 e. The number of allylic oxidation sites excluding steroid dienone is 1. The van der Waals surface area contributed by atoms with E-state index in [4.69, 9.17) is 9.84 Å². The average Bonchev–Trinajstić information content (AvgIpc) is 2.16. The van der Waals surface area contributed by atoms with Crippen LogP contribution in [0.25, 0.3) is 0 Å². The minimum Gasteiger partial charge on any atom is -0.460 e. The van der Waals surface area contributed by atoms with Gasteiger partial charge in [0.15, 0.2) is 0 Å². The van der Waals surface area contributed by atoms with Crippen LogP contribution >= 0.6 is 0 Å². The van der Waals surface area contributed by atoms with Crippen molar-refractivity contribution in [3.05, 3.63) is 11.6 Å². The van der Waals surface area contributed by atoms with Gasteiger partial charge in [0.05, 0.1) is 6.61 Å². The van der Waals surface area contributed by atoms with Gasteiger partial charge in [-0.15, -0.1) is 0 Å². The normalized spacial score (nSPS) is 22.1. The van der Waals surface area contributed by atoms with E-state index in [0.29, 0.717) is 5.92 Å². The zero-order valence-corrected chi connectivity index (χ0v) is 9.75. The van der Waals surface area contributed by atoms with E-state index in [0.717, 1.165) is 24.8 Å². The third-order valence-corrected chi connectivity index (χ3v) is 3.10. The van der Waals surface area contributed by atoms with Crippen molar-refractivity contribution in [2.45, 2.75) is 45.6 Å². The fraction of sp³-hybridized carbons (Fsp3) is 0.750. The van der Waals surface area contributed by atoms with E-state index in [1.54, 1.807) is 0 Å². The lowest BCUT2D eigenvalue weighted by Gasteiger charge is -2.35. The van der Waals surface area contributed by atoms with Crippen LogP contribution in [0.5, 0.6) is 0 Å². The summed E-state index contributed by atoms with van der Waals surface area (Å²) in [7, 11) is 0. The van der Waals surface area contributed by atoms with Crippen molar-refractivity contribution < 1.29 is 14.6 Å². The molecular formula is C12H20O3. The van der Waals surface area contributed by atoms with E-state index < -0.39 is 5.60 Å². The Morgan fingerprint density at radius 3 is 2.73 bits per heavy atom. The maximum absolute atomic E-state index is 10.9. The Hall–Kier alpha value is -0.830. The lowest BCUT2D eigenvalue weighted by Crippen LogP contribution is -2.37. The minimum atomic E-state index is -0.399. The summed E-state index contributed by atoms with van der Waals surface area (Å²) in [6, 6.07) is 0. The van der Waals surface area contributed by atoms with Gasteiger partial charge in [-0.3, -0.25) is 4.79 Å². The molecule has 0 bridgehead atoms. The molecule has 1 aliphatic rings. The van der Waals surface area contributed by atoms with Crippen molar-refractivity contribution in [2.24, 2.45) is 5.92 Å². The number of esters is 1. The molecule has 1 atom stereocenters. The number of aliphatic hydroxyl groups is 1. The molecule has 15 heavy (non-hydrogen) atoms. The first-order valence-corrected chi connectivity index (χ1v) is 5.44. The molecular weight excluding hydrogens is 192 g/mol. The highest BCUT2D eigenvalue weighted by Crippen LogP contribution is 2.34. The highest BCUT2D eigenvalue weighted by molar-refractivity contribution is 5.66. The largest absolute Gasteiger partial charge is 0.460 e. The number of hydrogen-bond acceptors (Lipinski definition) is 3. The third kappa shape index (κ3) is 3.34. The van der Waals surface area contributed by atoms with Crippen LogP contribution in [0.15, 0.2) is 11.6 Å². The van der Waals surface area contributed by atoms with Crippen LogP contribution in [0.2, 0.25) is 0 Å². The first kappa shape index (κ1) is 12.2. The third-order valence-electron chi connectivity index (χ3n) is 3.10. The molecule has 0 saturated heterocycles. The van der Waals surface area contributed by atoms with E-state index in [1.807, 2.05) is 13.8 Å². The molecule has 3 nitrogen and oxygen atoms in total. The molecule has 0 fully saturated rings. The van der Waals surface area contributed by atoms with E-state index in [2.05, 4.69) is 6.08 Å². The van der Waals surface area contributed by atoms with Crippen LogP contribution in [-0.4, -0.2) is 23.3 Å². The maximum atomic E-state index is 10.9. The van der Waals surface area contributed by atoms with Crippen molar-refractivity contribution in [3.8, 4) is 0 Å². The second-order valence-corrected chi connectivity index (χ2v) is 4.69. The molecule has 0 amide bonds. The van der Waals surface area contributed by atoms with Crippen molar-refractivity contribution in [3.63, 3.8) is 0 Å². The van der Waals surface area contributed by atoms with Crippen LogP contribution in [-0.2, 0) is 9.53 Å². The van der Waals surface area contributed by atoms with Gasteiger partial charge in [0.2, 0.25) is 0 Å². The lowest BCUT2D eigenvalue weighted by molar-refractivity contribution is -0.159. The van der Waals surface area contributed by atoms with Crippen molar-refractivity contribution >= 4 is 5.97 Å². The molecule has 1 aliphatic carbocycles. The Balaban J connectivity index is 2.59. The van der Waals surface area contributed by atoms with Crippen molar-refractivity contribution in [1.82, 2.24) is 0 Å². The van der Waals surface area contributed by atoms with Gasteiger partial charge in [0, 0.05) is 12.8 Å². The van der Waals surface area contributed by atoms with Crippen molar-refractivity contribution in [2.75, 3.05) is 6.61 Å². The standard InChI is InChI=1S/C12H20O3/c1-9(14)15-12(2,3)11-6-4-10(8-13)5-7-11/h4,11,13H,5-8H2,1-3H3/t11-/m1/s1. The summed E-state index contributed by atoms with van der Waals surface area (Å²) in [6.45, 7) is 5.51. The van der Waals surface area contributed by atoms with Crippen LogP contribution in [0, 0.1) is 5.92 Å². The fourth-order valence-electron chi connectivity index (χ4n) is 2.12. The van der Waals surface area contributed by atoms with Crippen LogP contribution in [0.3, 0.4) is 0 Å². The van der Waals surface area contributed by atoms with Crippen LogP contribution in [0.4, 0.5) is 0 Å². The molecule has 0 radical (unpaired) electrons. The van der Waals surface area contributed by atoms with E-state index in [1.165, 1.54) is 6.92 Å². The molecule has 0 spiro atoms. The number of hydrogen-bond donors (Lipinski definition) is 1. The summed E-state index contributed by atoms with van der Waals surface area (Å²) in [5.74, 6) is 0.133. The molecule has 0 aromatic rings. The molecule has 0 saturated carbocycles. The topological polar surface area (TPSA) is 46.5 Å². The first-order valence-electron chi connectivity index (χ1n) is 5.44. The van der Waals surface area contributed by atoms with Gasteiger partial charge in [0.25, 0.3) is 0 Å². The SMILES string of the molecule is CC(=O)OC(C)(C)[C@@H]1CC=C(CO)CC1. The smallest absolute Gasteiger partial charge is 0.303 e. The highest BCUT2D eigenvalue weighted by Gasteiger charge is 2.33. The lowest BCUT2D eigenvalue weighted by atomic mass is 9.79. The summed E-state index contributed by atoms with van der Waals surface area (Å²) in [4.78, 5) is 10.9. The molecule has 0 unspecified atom stereocenters. The second kappa shape index (κ2) is 4.79. The van der Waals surface area contributed by atoms with Crippen LogP contribution in [0.1, 0.15) is 40.0 Å². The van der Waals surface area contributed by atoms with Crippen LogP contribution < -0.4 is 0 Å². The molecule has 1 N–H and O–H groups in total. The molecule has 86 valence electrons. The number of ether oxygens (including phenoxy) is 1. The summed E-state index contributed by atoms with van der Waals surface area (Å²) >= 11 is 0. The quantitative estimate of drug-likeness (QED) is 0.575. The first-order chi connectivity index (χ1) is 6.95.